The van der Waals surface area contributed by atoms with Crippen molar-refractivity contribution >= 4 is 10.0 Å². The quantitative estimate of drug-likeness (QED) is 0.213. The molecule has 4 nitrogen and oxygen atoms in total. The summed E-state index contributed by atoms with van der Waals surface area (Å²) >= 11 is 0. The van der Waals surface area contributed by atoms with E-state index in [1.165, 1.54) is 0 Å². The third-order valence-corrected chi connectivity index (χ3v) is 5.97. The Morgan fingerprint density at radius 1 is 0.793 bits per heavy atom. The highest BCUT2D eigenvalue weighted by molar-refractivity contribution is 7.90. The van der Waals surface area contributed by atoms with Crippen LogP contribution in [-0.2, 0) is 14.8 Å². The first kappa shape index (κ1) is 28.3. The fraction of sp³-hybridized carbons (Fsp3) is 1.00. The lowest BCUT2D eigenvalue weighted by Gasteiger charge is -2.32. The van der Waals surface area contributed by atoms with Crippen LogP contribution in [0.3, 0.4) is 0 Å². The molecule has 0 aliphatic carbocycles. The maximum absolute atomic E-state index is 14.1. The van der Waals surface area contributed by atoms with E-state index in [0.717, 1.165) is 12.8 Å². The molecule has 0 heterocycles. The highest BCUT2D eigenvalue weighted by Gasteiger charge is 2.72. The minimum atomic E-state index is -6.38. The van der Waals surface area contributed by atoms with Crippen LogP contribution in [0.4, 0.5) is 35.1 Å². The van der Waals surface area contributed by atoms with Gasteiger partial charge in [-0.15, -0.1) is 0 Å². The molecule has 176 valence electrons. The van der Waals surface area contributed by atoms with E-state index in [1.54, 1.807) is 0 Å². The Hall–Kier alpha value is -0.690. The molecule has 0 aliphatic rings. The smallest absolute Gasteiger partial charge is 0.245 e. The summed E-state index contributed by atoms with van der Waals surface area (Å²) in [5, 5.41) is -6.17. The van der Waals surface area contributed by atoms with Gasteiger partial charge in [-0.05, 0) is 12.8 Å². The minimum Gasteiger partial charge on any atom is -0.245 e. The maximum Gasteiger partial charge on any atom is 0.448 e. The molecule has 0 aliphatic heterocycles. The van der Waals surface area contributed by atoms with Crippen LogP contribution in [0.2, 0.25) is 0 Å². The van der Waals surface area contributed by atoms with Gasteiger partial charge in [-0.25, -0.2) is 21.9 Å². The van der Waals surface area contributed by atoms with E-state index in [0.29, 0.717) is 25.7 Å². The molecule has 13 heteroatoms. The Morgan fingerprint density at radius 2 is 1.21 bits per heavy atom. The van der Waals surface area contributed by atoms with Crippen molar-refractivity contribution in [2.75, 3.05) is 13.1 Å². The first-order valence-electron chi connectivity index (χ1n) is 9.28. The van der Waals surface area contributed by atoms with E-state index in [9.17, 15) is 43.5 Å². The topological polar surface area (TPSA) is 46.6 Å². The molecule has 0 radical (unpaired) electrons. The van der Waals surface area contributed by atoms with Gasteiger partial charge < -0.3 is 0 Å². The second kappa shape index (κ2) is 11.6. The van der Waals surface area contributed by atoms with Gasteiger partial charge in [-0.2, -0.15) is 30.6 Å². The molecule has 0 bridgehead atoms. The number of ether oxygens (including phenoxy) is 1. The van der Waals surface area contributed by atoms with Gasteiger partial charge in [0.25, 0.3) is 10.0 Å². The standard InChI is InChI=1S/C16H27F8NO3S/c1-3-5-7-9-11-25(12-10-8-6-4-2)29(26,27)16(23,24)15(21,22)28-14(19,20)13(17)18/h13H,3-12H2,1-2H3. The molecule has 0 aromatic heterocycles. The van der Waals surface area contributed by atoms with Crippen LogP contribution in [0.1, 0.15) is 65.2 Å². The number of hydrogen-bond donors (Lipinski definition) is 0. The monoisotopic (exact) mass is 465 g/mol. The first-order valence-corrected chi connectivity index (χ1v) is 10.7. The maximum atomic E-state index is 14.1. The number of sulfonamides is 1. The zero-order chi connectivity index (χ0) is 22.9. The zero-order valence-electron chi connectivity index (χ0n) is 16.3. The van der Waals surface area contributed by atoms with Crippen molar-refractivity contribution in [3.8, 4) is 0 Å². The molecule has 0 fully saturated rings. The molecular weight excluding hydrogens is 438 g/mol. The Labute approximate surface area is 165 Å². The largest absolute Gasteiger partial charge is 0.448 e. The summed E-state index contributed by atoms with van der Waals surface area (Å²) in [4.78, 5) is 0. The van der Waals surface area contributed by atoms with Gasteiger partial charge in [0.1, 0.15) is 0 Å². The molecule has 0 spiro atoms. The van der Waals surface area contributed by atoms with Gasteiger partial charge >= 0.3 is 23.9 Å². The minimum absolute atomic E-state index is 0.0799. The molecule has 0 N–H and O–H groups in total. The van der Waals surface area contributed by atoms with Crippen molar-refractivity contribution in [2.24, 2.45) is 0 Å². The normalized spacial score (nSPS) is 14.2. The second-order valence-electron chi connectivity index (χ2n) is 6.52. The van der Waals surface area contributed by atoms with Crippen LogP contribution < -0.4 is 0 Å². The second-order valence-corrected chi connectivity index (χ2v) is 8.50. The molecule has 0 aromatic rings. The van der Waals surface area contributed by atoms with E-state index >= 15 is 0 Å². The number of hydrogen-bond acceptors (Lipinski definition) is 3. The highest BCUT2D eigenvalue weighted by Crippen LogP contribution is 2.45. The summed E-state index contributed by atoms with van der Waals surface area (Å²) in [7, 11) is -6.18. The van der Waals surface area contributed by atoms with Crippen molar-refractivity contribution in [1.29, 1.82) is 0 Å². The predicted octanol–water partition coefficient (Wildman–Crippen LogP) is 5.84. The fourth-order valence-corrected chi connectivity index (χ4v) is 3.77. The van der Waals surface area contributed by atoms with Crippen molar-refractivity contribution in [3.63, 3.8) is 0 Å². The van der Waals surface area contributed by atoms with Crippen molar-refractivity contribution in [3.05, 3.63) is 0 Å². The Morgan fingerprint density at radius 3 is 1.55 bits per heavy atom. The van der Waals surface area contributed by atoms with E-state index in [4.69, 9.17) is 0 Å². The highest BCUT2D eigenvalue weighted by atomic mass is 32.2. The third kappa shape index (κ3) is 7.82. The van der Waals surface area contributed by atoms with E-state index < -0.39 is 47.0 Å². The molecule has 0 saturated heterocycles. The first-order chi connectivity index (χ1) is 13.2. The molecular formula is C16H27F8NO3S. The van der Waals surface area contributed by atoms with Gasteiger partial charge in [0.05, 0.1) is 0 Å². The molecule has 0 atom stereocenters. The van der Waals surface area contributed by atoms with Crippen LogP contribution in [0, 0.1) is 0 Å². The van der Waals surface area contributed by atoms with Gasteiger partial charge in [0.15, 0.2) is 0 Å². The molecule has 29 heavy (non-hydrogen) atoms. The fourth-order valence-electron chi connectivity index (χ4n) is 2.37. The van der Waals surface area contributed by atoms with Crippen molar-refractivity contribution in [1.82, 2.24) is 4.31 Å². The van der Waals surface area contributed by atoms with E-state index in [-0.39, 0.29) is 17.1 Å². The van der Waals surface area contributed by atoms with Gasteiger partial charge in [0.2, 0.25) is 0 Å². The van der Waals surface area contributed by atoms with Crippen molar-refractivity contribution in [2.45, 2.75) is 89.1 Å². The van der Waals surface area contributed by atoms with Gasteiger partial charge in [0, 0.05) is 13.1 Å². The van der Waals surface area contributed by atoms with Crippen LogP contribution in [0.5, 0.6) is 0 Å². The summed E-state index contributed by atoms with van der Waals surface area (Å²) in [5.41, 5.74) is 0. The summed E-state index contributed by atoms with van der Waals surface area (Å²) in [6.07, 6.45) is -13.4. The lowest BCUT2D eigenvalue weighted by Crippen LogP contribution is -2.57. The Bertz CT molecular complexity index is 561. The molecule has 0 unspecified atom stereocenters. The summed E-state index contributed by atoms with van der Waals surface area (Å²) < 4.78 is 132. The number of halogens is 8. The van der Waals surface area contributed by atoms with E-state index in [1.807, 2.05) is 13.8 Å². The van der Waals surface area contributed by atoms with E-state index in [2.05, 4.69) is 4.74 Å². The molecule has 0 rings (SSSR count). The SMILES string of the molecule is CCCCCCN(CCCCCC)S(=O)(=O)C(F)(F)C(F)(F)OC(F)(F)C(F)F. The molecule has 0 saturated carbocycles. The third-order valence-electron chi connectivity index (χ3n) is 4.04. The summed E-state index contributed by atoms with van der Waals surface area (Å²) in [5.74, 6) is 0. The van der Waals surface area contributed by atoms with Gasteiger partial charge in [-0.3, -0.25) is 0 Å². The number of nitrogens with zero attached hydrogens (tertiary/aromatic N) is 1. The van der Waals surface area contributed by atoms with Crippen LogP contribution in [-0.4, -0.2) is 49.7 Å². The lowest BCUT2D eigenvalue weighted by molar-refractivity contribution is -0.435. The Balaban J connectivity index is 5.61. The summed E-state index contributed by atoms with van der Waals surface area (Å²) in [6.45, 7) is 2.58. The number of rotatable bonds is 16. The average molecular weight is 465 g/mol. The van der Waals surface area contributed by atoms with Crippen LogP contribution in [0.15, 0.2) is 0 Å². The van der Waals surface area contributed by atoms with Crippen LogP contribution in [0.25, 0.3) is 0 Å². The predicted molar refractivity (Wildman–Crippen MR) is 90.7 cm³/mol. The number of unbranched alkanes of at least 4 members (excludes halogenated alkanes) is 6. The zero-order valence-corrected chi connectivity index (χ0v) is 17.1. The lowest BCUT2D eigenvalue weighted by atomic mass is 10.2. The Kier molecular flexibility index (Phi) is 11.4. The molecule has 0 aromatic carbocycles. The molecule has 0 amide bonds. The van der Waals surface area contributed by atoms with Gasteiger partial charge in [-0.1, -0.05) is 52.4 Å². The number of alkyl halides is 8. The summed E-state index contributed by atoms with van der Waals surface area (Å²) in [6, 6.07) is 0. The average Bonchev–Trinajstić information content (AvgIpc) is 2.58. The van der Waals surface area contributed by atoms with Crippen LogP contribution >= 0.6 is 0 Å². The van der Waals surface area contributed by atoms with Crippen molar-refractivity contribution < 1.29 is 48.3 Å².